The van der Waals surface area contributed by atoms with Crippen LogP contribution in [0.3, 0.4) is 0 Å². The number of alkyl halides is 1. The number of halogens is 2. The number of aromatic nitrogens is 1. The minimum Gasteiger partial charge on any atom is -0.336 e. The summed E-state index contributed by atoms with van der Waals surface area (Å²) < 4.78 is 14.3. The van der Waals surface area contributed by atoms with E-state index >= 15 is 0 Å². The molecule has 0 aliphatic heterocycles. The van der Waals surface area contributed by atoms with Crippen LogP contribution in [-0.4, -0.2) is 17.3 Å². The fraction of sp³-hybridized carbons (Fsp3) is 0.429. The Morgan fingerprint density at radius 2 is 2.45 bits per heavy atom. The van der Waals surface area contributed by atoms with Crippen molar-refractivity contribution >= 4 is 11.6 Å². The fourth-order valence-electron chi connectivity index (χ4n) is 0.829. The first-order valence-corrected chi connectivity index (χ1v) is 3.76. The van der Waals surface area contributed by atoms with Crippen LogP contribution in [0.1, 0.15) is 0 Å². The highest BCUT2D eigenvalue weighted by molar-refractivity contribution is 6.29. The van der Waals surface area contributed by atoms with Crippen molar-refractivity contribution in [3.63, 3.8) is 0 Å². The monoisotopic (exact) mass is 176 g/mol. The first kappa shape index (κ1) is 8.56. The molecule has 0 bridgehead atoms. The molecule has 0 aromatic carbocycles. The Kier molecular flexibility index (Phi) is 2.91. The molecule has 0 spiro atoms. The first-order valence-electron chi connectivity index (χ1n) is 3.39. The van der Waals surface area contributed by atoms with Gasteiger partial charge in [0.15, 0.2) is 0 Å². The molecule has 0 aliphatic rings. The second-order valence-electron chi connectivity index (χ2n) is 2.32. The van der Waals surface area contributed by atoms with Gasteiger partial charge in [-0.15, -0.1) is 0 Å². The van der Waals surface area contributed by atoms with E-state index in [0.29, 0.717) is 5.15 Å². The van der Waals surface area contributed by atoms with E-state index in [0.717, 1.165) is 0 Å². The van der Waals surface area contributed by atoms with Gasteiger partial charge in [-0.1, -0.05) is 11.6 Å². The van der Waals surface area contributed by atoms with E-state index < -0.39 is 6.17 Å². The van der Waals surface area contributed by atoms with Gasteiger partial charge in [-0.05, 0) is 12.1 Å². The Bertz CT molecular complexity index is 224. The average Bonchev–Trinajstić information content (AvgIpc) is 2.37. The van der Waals surface area contributed by atoms with E-state index in [4.69, 9.17) is 17.3 Å². The van der Waals surface area contributed by atoms with E-state index in [-0.39, 0.29) is 13.1 Å². The van der Waals surface area contributed by atoms with Gasteiger partial charge < -0.3 is 10.3 Å². The minimum atomic E-state index is -1.01. The van der Waals surface area contributed by atoms with Crippen molar-refractivity contribution in [3.05, 3.63) is 23.5 Å². The molecule has 4 heteroatoms. The molecule has 2 nitrogen and oxygen atoms in total. The molecule has 1 heterocycles. The molecule has 1 aromatic heterocycles. The molecule has 1 rings (SSSR count). The number of nitrogens with zero attached hydrogens (tertiary/aromatic N) is 1. The van der Waals surface area contributed by atoms with Crippen LogP contribution in [0.25, 0.3) is 0 Å². The Morgan fingerprint density at radius 1 is 1.73 bits per heavy atom. The third kappa shape index (κ3) is 2.20. The smallest absolute Gasteiger partial charge is 0.130 e. The summed E-state index contributed by atoms with van der Waals surface area (Å²) in [7, 11) is 0. The van der Waals surface area contributed by atoms with E-state index in [9.17, 15) is 4.39 Å². The zero-order valence-corrected chi connectivity index (χ0v) is 6.76. The van der Waals surface area contributed by atoms with Crippen LogP contribution in [0.5, 0.6) is 0 Å². The van der Waals surface area contributed by atoms with Crippen LogP contribution in [0.2, 0.25) is 5.15 Å². The number of rotatable bonds is 3. The van der Waals surface area contributed by atoms with Gasteiger partial charge in [0.1, 0.15) is 11.3 Å². The summed E-state index contributed by atoms with van der Waals surface area (Å²) in [5.41, 5.74) is 5.11. The molecule has 0 aliphatic carbocycles. The predicted molar refractivity (Wildman–Crippen MR) is 43.4 cm³/mol. The van der Waals surface area contributed by atoms with Crippen molar-refractivity contribution in [1.82, 2.24) is 4.57 Å². The van der Waals surface area contributed by atoms with Crippen molar-refractivity contribution < 1.29 is 4.39 Å². The molecular weight excluding hydrogens is 167 g/mol. The second-order valence-corrected chi connectivity index (χ2v) is 2.70. The maximum absolute atomic E-state index is 12.7. The molecule has 0 saturated carbocycles. The Hall–Kier alpha value is -0.540. The molecule has 2 N–H and O–H groups in total. The minimum absolute atomic E-state index is 0.0362. The lowest BCUT2D eigenvalue weighted by atomic mass is 10.4. The molecule has 62 valence electrons. The van der Waals surface area contributed by atoms with Gasteiger partial charge in [0.05, 0.1) is 6.54 Å². The van der Waals surface area contributed by atoms with Crippen LogP contribution >= 0.6 is 11.6 Å². The lowest BCUT2D eigenvalue weighted by Crippen LogP contribution is -2.20. The lowest BCUT2D eigenvalue weighted by Gasteiger charge is -2.06. The Labute approximate surface area is 69.8 Å². The molecule has 1 unspecified atom stereocenters. The van der Waals surface area contributed by atoms with E-state index in [1.165, 1.54) is 0 Å². The molecule has 0 radical (unpaired) electrons. The first-order chi connectivity index (χ1) is 5.24. The molecular formula is C7H10ClFN2. The summed E-state index contributed by atoms with van der Waals surface area (Å²) in [5.74, 6) is 0. The van der Waals surface area contributed by atoms with Gasteiger partial charge in [-0.2, -0.15) is 0 Å². The second kappa shape index (κ2) is 3.74. The highest BCUT2D eigenvalue weighted by Gasteiger charge is 2.05. The highest BCUT2D eigenvalue weighted by Crippen LogP contribution is 2.10. The summed E-state index contributed by atoms with van der Waals surface area (Å²) in [6.45, 7) is 0.275. The quantitative estimate of drug-likeness (QED) is 0.743. The molecule has 0 fully saturated rings. The normalized spacial score (nSPS) is 13.4. The highest BCUT2D eigenvalue weighted by atomic mass is 35.5. The zero-order chi connectivity index (χ0) is 8.27. The van der Waals surface area contributed by atoms with Gasteiger partial charge in [0, 0.05) is 12.7 Å². The van der Waals surface area contributed by atoms with E-state index in [1.54, 1.807) is 22.9 Å². The van der Waals surface area contributed by atoms with E-state index in [1.807, 2.05) is 0 Å². The van der Waals surface area contributed by atoms with Crippen molar-refractivity contribution in [3.8, 4) is 0 Å². The third-order valence-electron chi connectivity index (χ3n) is 1.42. The van der Waals surface area contributed by atoms with Crippen molar-refractivity contribution in [2.24, 2.45) is 5.73 Å². The summed E-state index contributed by atoms with van der Waals surface area (Å²) in [6.07, 6.45) is 0.713. The van der Waals surface area contributed by atoms with Crippen LogP contribution in [-0.2, 0) is 6.54 Å². The number of hydrogen-bond donors (Lipinski definition) is 1. The third-order valence-corrected chi connectivity index (χ3v) is 1.77. The maximum atomic E-state index is 12.7. The maximum Gasteiger partial charge on any atom is 0.130 e. The number of nitrogens with two attached hydrogens (primary N) is 1. The van der Waals surface area contributed by atoms with Gasteiger partial charge in [0.2, 0.25) is 0 Å². The molecule has 11 heavy (non-hydrogen) atoms. The SMILES string of the molecule is NCC(F)Cn1cccc1Cl. The van der Waals surface area contributed by atoms with Crippen molar-refractivity contribution in [1.29, 1.82) is 0 Å². The van der Waals surface area contributed by atoms with Gasteiger partial charge >= 0.3 is 0 Å². The zero-order valence-electron chi connectivity index (χ0n) is 6.00. The summed E-state index contributed by atoms with van der Waals surface area (Å²) in [4.78, 5) is 0. The van der Waals surface area contributed by atoms with Crippen LogP contribution < -0.4 is 5.73 Å². The van der Waals surface area contributed by atoms with Gasteiger partial charge in [0.25, 0.3) is 0 Å². The lowest BCUT2D eigenvalue weighted by molar-refractivity contribution is 0.304. The summed E-state index contributed by atoms with van der Waals surface area (Å²) >= 11 is 5.70. The van der Waals surface area contributed by atoms with Crippen molar-refractivity contribution in [2.75, 3.05) is 6.54 Å². The summed E-state index contributed by atoms with van der Waals surface area (Å²) in [6, 6.07) is 3.48. The predicted octanol–water partition coefficient (Wildman–Crippen LogP) is 1.44. The number of hydrogen-bond acceptors (Lipinski definition) is 1. The van der Waals surface area contributed by atoms with Crippen LogP contribution in [0.15, 0.2) is 18.3 Å². The molecule has 0 amide bonds. The van der Waals surface area contributed by atoms with E-state index in [2.05, 4.69) is 0 Å². The molecule has 0 saturated heterocycles. The standard InChI is InChI=1S/C7H10ClFN2/c8-7-2-1-3-11(7)5-6(9)4-10/h1-3,6H,4-5,10H2. The summed E-state index contributed by atoms with van der Waals surface area (Å²) in [5, 5.41) is 0.543. The molecule has 1 atom stereocenters. The van der Waals surface area contributed by atoms with Crippen LogP contribution in [0.4, 0.5) is 4.39 Å². The average molecular weight is 177 g/mol. The van der Waals surface area contributed by atoms with Gasteiger partial charge in [-0.3, -0.25) is 0 Å². The van der Waals surface area contributed by atoms with Crippen LogP contribution in [0, 0.1) is 0 Å². The Morgan fingerprint density at radius 3 is 2.91 bits per heavy atom. The topological polar surface area (TPSA) is 30.9 Å². The Balaban J connectivity index is 2.56. The largest absolute Gasteiger partial charge is 0.336 e. The fourth-order valence-corrected chi connectivity index (χ4v) is 1.03. The van der Waals surface area contributed by atoms with Gasteiger partial charge in [-0.25, -0.2) is 4.39 Å². The van der Waals surface area contributed by atoms with Crippen molar-refractivity contribution in [2.45, 2.75) is 12.7 Å². The molecule has 1 aromatic rings.